The topological polar surface area (TPSA) is 25.4 Å². The smallest absolute Gasteiger partial charge is 0.371 e. The number of rotatable bonds is 1. The Bertz CT molecular complexity index is 877. The average molecular weight is 404 g/mol. The van der Waals surface area contributed by atoms with Crippen molar-refractivity contribution < 1.29 is 31.1 Å². The molecule has 2 atom stereocenters. The fourth-order valence-corrected chi connectivity index (χ4v) is 4.23. The normalized spacial score (nSPS) is 24.4. The molecule has 28 heavy (non-hydrogen) atoms. The first-order valence-electron chi connectivity index (χ1n) is 9.10. The molecule has 0 radical (unpaired) electrons. The Kier molecular flexibility index (Phi) is 4.78. The monoisotopic (exact) mass is 404 g/mol. The average Bonchev–Trinajstić information content (AvgIpc) is 2.64. The fourth-order valence-electron chi connectivity index (χ4n) is 4.23. The molecule has 2 saturated heterocycles. The standard InChI is InChI=1S/C19H18F6N2O/c20-18(21,22)13-5-3-4-11-12(10-15(19(23,24)25)26-16(11)13)17-14-6-1-2-7-27(14)8-9-28-17/h3-5,10,14,17H,1-2,6-9H2/t14?,17-/m1/s1. The lowest BCUT2D eigenvalue weighted by atomic mass is 9.89. The van der Waals surface area contributed by atoms with E-state index in [4.69, 9.17) is 4.74 Å². The number of nitrogens with zero attached hydrogens (tertiary/aromatic N) is 2. The molecule has 152 valence electrons. The zero-order valence-corrected chi connectivity index (χ0v) is 14.8. The van der Waals surface area contributed by atoms with Gasteiger partial charge in [0.05, 0.1) is 23.8 Å². The summed E-state index contributed by atoms with van der Waals surface area (Å²) in [5.41, 5.74) is -3.06. The summed E-state index contributed by atoms with van der Waals surface area (Å²) in [7, 11) is 0. The third-order valence-corrected chi connectivity index (χ3v) is 5.46. The summed E-state index contributed by atoms with van der Waals surface area (Å²) in [5, 5.41) is 0.0558. The molecular formula is C19H18F6N2O. The number of morpholine rings is 1. The van der Waals surface area contributed by atoms with Crippen molar-refractivity contribution in [1.82, 2.24) is 9.88 Å². The van der Waals surface area contributed by atoms with Gasteiger partial charge in [0, 0.05) is 18.0 Å². The van der Waals surface area contributed by atoms with Gasteiger partial charge in [0.2, 0.25) is 0 Å². The van der Waals surface area contributed by atoms with Crippen molar-refractivity contribution in [3.8, 4) is 0 Å². The van der Waals surface area contributed by atoms with Crippen molar-refractivity contribution in [2.45, 2.75) is 43.8 Å². The number of pyridine rings is 1. The van der Waals surface area contributed by atoms with E-state index in [1.54, 1.807) is 0 Å². The van der Waals surface area contributed by atoms with E-state index in [1.807, 2.05) is 0 Å². The van der Waals surface area contributed by atoms with Crippen LogP contribution in [0.15, 0.2) is 24.3 Å². The lowest BCUT2D eigenvalue weighted by Crippen LogP contribution is -2.49. The highest BCUT2D eigenvalue weighted by atomic mass is 19.4. The van der Waals surface area contributed by atoms with E-state index in [0.717, 1.165) is 37.9 Å². The highest BCUT2D eigenvalue weighted by Gasteiger charge is 2.41. The Labute approximate surface area is 157 Å². The molecule has 0 bridgehead atoms. The summed E-state index contributed by atoms with van der Waals surface area (Å²) in [5.74, 6) is 0. The number of alkyl halides is 6. The molecular weight excluding hydrogens is 386 g/mol. The van der Waals surface area contributed by atoms with Crippen LogP contribution < -0.4 is 0 Å². The third-order valence-electron chi connectivity index (χ3n) is 5.46. The molecule has 2 aromatic rings. The van der Waals surface area contributed by atoms with Crippen molar-refractivity contribution in [2.24, 2.45) is 0 Å². The van der Waals surface area contributed by atoms with E-state index in [2.05, 4.69) is 9.88 Å². The van der Waals surface area contributed by atoms with E-state index in [9.17, 15) is 26.3 Å². The summed E-state index contributed by atoms with van der Waals surface area (Å²) in [6.07, 6.45) is -7.75. The maximum Gasteiger partial charge on any atom is 0.433 e. The second kappa shape index (κ2) is 6.88. The van der Waals surface area contributed by atoms with E-state index in [1.165, 1.54) is 12.1 Å². The van der Waals surface area contributed by atoms with Gasteiger partial charge in [-0.25, -0.2) is 4.98 Å². The van der Waals surface area contributed by atoms with Gasteiger partial charge in [0.15, 0.2) is 0 Å². The molecule has 0 amide bonds. The Balaban J connectivity index is 1.94. The number of halogens is 6. The van der Waals surface area contributed by atoms with Crippen LogP contribution in [0.3, 0.4) is 0 Å². The van der Waals surface area contributed by atoms with Crippen molar-refractivity contribution in [3.05, 3.63) is 41.1 Å². The van der Waals surface area contributed by atoms with Crippen LogP contribution in [0.2, 0.25) is 0 Å². The molecule has 3 heterocycles. The van der Waals surface area contributed by atoms with Crippen molar-refractivity contribution in [1.29, 1.82) is 0 Å². The second-order valence-electron chi connectivity index (χ2n) is 7.18. The number of para-hydroxylation sites is 1. The van der Waals surface area contributed by atoms with Gasteiger partial charge in [-0.15, -0.1) is 0 Å². The number of piperidine rings is 1. The lowest BCUT2D eigenvalue weighted by Gasteiger charge is -2.44. The van der Waals surface area contributed by atoms with Crippen LogP contribution in [0, 0.1) is 0 Å². The molecule has 0 aliphatic carbocycles. The number of aromatic nitrogens is 1. The van der Waals surface area contributed by atoms with Gasteiger partial charge < -0.3 is 4.74 Å². The number of benzene rings is 1. The minimum atomic E-state index is -4.86. The number of fused-ring (bicyclic) bond motifs is 2. The maximum atomic E-state index is 13.4. The van der Waals surface area contributed by atoms with Gasteiger partial charge in [-0.3, -0.25) is 4.90 Å². The van der Waals surface area contributed by atoms with E-state index in [-0.39, 0.29) is 17.0 Å². The molecule has 1 aromatic heterocycles. The van der Waals surface area contributed by atoms with Crippen LogP contribution in [0.5, 0.6) is 0 Å². The molecule has 0 N–H and O–H groups in total. The van der Waals surface area contributed by atoms with Crippen LogP contribution in [-0.2, 0) is 17.1 Å². The molecule has 2 aliphatic rings. The number of hydrogen-bond acceptors (Lipinski definition) is 3. The van der Waals surface area contributed by atoms with Crippen molar-refractivity contribution in [3.63, 3.8) is 0 Å². The summed E-state index contributed by atoms with van der Waals surface area (Å²) in [6.45, 7) is 1.81. The van der Waals surface area contributed by atoms with E-state index >= 15 is 0 Å². The Hall–Kier alpha value is -1.87. The molecule has 4 rings (SSSR count). The second-order valence-corrected chi connectivity index (χ2v) is 7.18. The zero-order valence-electron chi connectivity index (χ0n) is 14.8. The van der Waals surface area contributed by atoms with Crippen molar-refractivity contribution >= 4 is 10.9 Å². The molecule has 0 saturated carbocycles. The highest BCUT2D eigenvalue weighted by Crippen LogP contribution is 2.42. The van der Waals surface area contributed by atoms with E-state index < -0.39 is 35.2 Å². The first kappa shape index (κ1) is 19.4. The molecule has 1 unspecified atom stereocenters. The van der Waals surface area contributed by atoms with E-state index in [0.29, 0.717) is 13.2 Å². The predicted molar refractivity (Wildman–Crippen MR) is 89.7 cm³/mol. The van der Waals surface area contributed by atoms with Crippen LogP contribution in [0.1, 0.15) is 42.2 Å². The summed E-state index contributed by atoms with van der Waals surface area (Å²) in [4.78, 5) is 5.52. The fraction of sp³-hybridized carbons (Fsp3) is 0.526. The van der Waals surface area contributed by atoms with Gasteiger partial charge in [-0.1, -0.05) is 18.6 Å². The Morgan fingerprint density at radius 2 is 1.79 bits per heavy atom. The maximum absolute atomic E-state index is 13.4. The van der Waals surface area contributed by atoms with Crippen LogP contribution in [-0.4, -0.2) is 35.6 Å². The Morgan fingerprint density at radius 3 is 2.50 bits per heavy atom. The largest absolute Gasteiger partial charge is 0.433 e. The van der Waals surface area contributed by atoms with Crippen LogP contribution in [0.4, 0.5) is 26.3 Å². The molecule has 0 spiro atoms. The summed E-state index contributed by atoms with van der Waals surface area (Å²) in [6, 6.07) is 4.05. The summed E-state index contributed by atoms with van der Waals surface area (Å²) >= 11 is 0. The quantitative estimate of drug-likeness (QED) is 0.611. The highest BCUT2D eigenvalue weighted by molar-refractivity contribution is 5.86. The first-order valence-corrected chi connectivity index (χ1v) is 9.10. The zero-order chi connectivity index (χ0) is 20.1. The first-order chi connectivity index (χ1) is 13.2. The molecule has 3 nitrogen and oxygen atoms in total. The number of hydrogen-bond donors (Lipinski definition) is 0. The SMILES string of the molecule is FC(F)(F)c1cc([C@H]2OCCN3CCCCC23)c2cccc(C(F)(F)F)c2n1. The lowest BCUT2D eigenvalue weighted by molar-refractivity contribution is -0.142. The van der Waals surface area contributed by atoms with Crippen LogP contribution >= 0.6 is 0 Å². The molecule has 2 fully saturated rings. The van der Waals surface area contributed by atoms with Gasteiger partial charge >= 0.3 is 12.4 Å². The molecule has 2 aliphatic heterocycles. The predicted octanol–water partition coefficient (Wildman–Crippen LogP) is 5.20. The molecule has 9 heteroatoms. The minimum absolute atomic E-state index is 0.0558. The molecule has 1 aromatic carbocycles. The Morgan fingerprint density at radius 1 is 1.00 bits per heavy atom. The third kappa shape index (κ3) is 3.45. The van der Waals surface area contributed by atoms with Crippen molar-refractivity contribution in [2.75, 3.05) is 19.7 Å². The summed E-state index contributed by atoms with van der Waals surface area (Å²) < 4.78 is 86.4. The van der Waals surface area contributed by atoms with Gasteiger partial charge in [0.25, 0.3) is 0 Å². The van der Waals surface area contributed by atoms with Crippen LogP contribution in [0.25, 0.3) is 10.9 Å². The minimum Gasteiger partial charge on any atom is -0.371 e. The van der Waals surface area contributed by atoms with Gasteiger partial charge in [-0.05, 0) is 37.1 Å². The van der Waals surface area contributed by atoms with Gasteiger partial charge in [-0.2, -0.15) is 26.3 Å². The number of ether oxygens (including phenoxy) is 1. The van der Waals surface area contributed by atoms with Gasteiger partial charge in [0.1, 0.15) is 5.69 Å².